The molecule has 0 saturated carbocycles. The lowest BCUT2D eigenvalue weighted by molar-refractivity contribution is 0.102. The molecule has 0 spiro atoms. The van der Waals surface area contributed by atoms with Crippen LogP contribution in [0.25, 0.3) is 0 Å². The largest absolute Gasteiger partial charge is 0.508 e. The van der Waals surface area contributed by atoms with Crippen LogP contribution in [0.3, 0.4) is 0 Å². The molecule has 0 heterocycles. The van der Waals surface area contributed by atoms with E-state index >= 15 is 0 Å². The topological polar surface area (TPSA) is 49.3 Å². The first-order valence-electron chi connectivity index (χ1n) is 5.33. The number of anilines is 1. The molecule has 0 aromatic heterocycles. The van der Waals surface area contributed by atoms with Gasteiger partial charge in [0.15, 0.2) is 11.6 Å². The Bertz CT molecular complexity index is 688. The number of hydrogen-bond acceptors (Lipinski definition) is 2. The third kappa shape index (κ3) is 2.71. The van der Waals surface area contributed by atoms with Crippen LogP contribution in [-0.2, 0) is 0 Å². The number of nitrogens with one attached hydrogen (secondary N) is 1. The Kier molecular flexibility index (Phi) is 3.60. The molecule has 0 aliphatic rings. The normalized spacial score (nSPS) is 10.4. The van der Waals surface area contributed by atoms with Crippen molar-refractivity contribution in [2.45, 2.75) is 0 Å². The molecule has 104 valence electrons. The van der Waals surface area contributed by atoms with Crippen molar-refractivity contribution in [3.05, 3.63) is 59.2 Å². The van der Waals surface area contributed by atoms with Gasteiger partial charge in [-0.05, 0) is 12.1 Å². The Hall–Kier alpha value is -2.57. The molecule has 2 rings (SSSR count). The molecule has 0 aliphatic carbocycles. The molecule has 0 bridgehead atoms. The average Bonchev–Trinajstić information content (AvgIpc) is 2.35. The first-order chi connectivity index (χ1) is 9.38. The summed E-state index contributed by atoms with van der Waals surface area (Å²) in [6.45, 7) is 0. The van der Waals surface area contributed by atoms with Gasteiger partial charge in [0.05, 0.1) is 11.3 Å². The Morgan fingerprint density at radius 1 is 0.900 bits per heavy atom. The van der Waals surface area contributed by atoms with Crippen LogP contribution in [0.2, 0.25) is 0 Å². The summed E-state index contributed by atoms with van der Waals surface area (Å²) in [5, 5.41) is 10.9. The lowest BCUT2D eigenvalue weighted by Gasteiger charge is -2.08. The van der Waals surface area contributed by atoms with Gasteiger partial charge in [0.1, 0.15) is 17.4 Å². The minimum atomic E-state index is -1.41. The molecular formula is C13H7F4NO2. The summed E-state index contributed by atoms with van der Waals surface area (Å²) < 4.78 is 52.4. The number of phenolic OH excluding ortho intramolecular Hbond substituents is 1. The summed E-state index contributed by atoms with van der Waals surface area (Å²) >= 11 is 0. The predicted molar refractivity (Wildman–Crippen MR) is 62.3 cm³/mol. The van der Waals surface area contributed by atoms with Crippen molar-refractivity contribution in [2.75, 3.05) is 5.32 Å². The van der Waals surface area contributed by atoms with Gasteiger partial charge in [0, 0.05) is 18.2 Å². The quantitative estimate of drug-likeness (QED) is 0.657. The van der Waals surface area contributed by atoms with E-state index in [4.69, 9.17) is 5.11 Å². The number of amides is 1. The number of carbonyl (C=O) groups is 1. The highest BCUT2D eigenvalue weighted by molar-refractivity contribution is 6.04. The summed E-state index contributed by atoms with van der Waals surface area (Å²) in [6.07, 6.45) is 0. The van der Waals surface area contributed by atoms with E-state index in [1.54, 1.807) is 0 Å². The highest BCUT2D eigenvalue weighted by atomic mass is 19.2. The van der Waals surface area contributed by atoms with Crippen LogP contribution in [0.1, 0.15) is 10.4 Å². The van der Waals surface area contributed by atoms with Gasteiger partial charge in [-0.15, -0.1) is 0 Å². The Morgan fingerprint density at radius 2 is 1.55 bits per heavy atom. The van der Waals surface area contributed by atoms with Crippen molar-refractivity contribution in [1.29, 1.82) is 0 Å². The molecule has 0 radical (unpaired) electrons. The Balaban J connectivity index is 2.30. The lowest BCUT2D eigenvalue weighted by atomic mass is 10.2. The zero-order chi connectivity index (χ0) is 14.9. The number of rotatable bonds is 2. The highest BCUT2D eigenvalue weighted by Gasteiger charge is 2.16. The Labute approximate surface area is 110 Å². The van der Waals surface area contributed by atoms with Gasteiger partial charge in [-0.2, -0.15) is 0 Å². The average molecular weight is 285 g/mol. The van der Waals surface area contributed by atoms with Crippen molar-refractivity contribution in [3.8, 4) is 5.75 Å². The fraction of sp³-hybridized carbons (Fsp3) is 0. The number of hydrogen-bond donors (Lipinski definition) is 2. The SMILES string of the molecule is O=C(Nc1cc(F)c(F)cc1F)c1ccc(O)cc1F. The monoisotopic (exact) mass is 285 g/mol. The summed E-state index contributed by atoms with van der Waals surface area (Å²) in [5.74, 6) is -6.45. The van der Waals surface area contributed by atoms with Gasteiger partial charge in [-0.25, -0.2) is 17.6 Å². The van der Waals surface area contributed by atoms with E-state index in [-0.39, 0.29) is 6.07 Å². The van der Waals surface area contributed by atoms with Gasteiger partial charge in [0.25, 0.3) is 5.91 Å². The van der Waals surface area contributed by atoms with Gasteiger partial charge in [0.2, 0.25) is 0 Å². The fourth-order valence-corrected chi connectivity index (χ4v) is 1.50. The molecule has 20 heavy (non-hydrogen) atoms. The first kappa shape index (κ1) is 13.9. The van der Waals surface area contributed by atoms with Gasteiger partial charge < -0.3 is 10.4 Å². The molecule has 0 saturated heterocycles. The minimum Gasteiger partial charge on any atom is -0.508 e. The molecule has 2 aromatic rings. The second-order valence-electron chi connectivity index (χ2n) is 3.86. The summed E-state index contributed by atoms with van der Waals surface area (Å²) in [5.41, 5.74) is -1.10. The van der Waals surface area contributed by atoms with Crippen LogP contribution in [-0.4, -0.2) is 11.0 Å². The first-order valence-corrected chi connectivity index (χ1v) is 5.33. The lowest BCUT2D eigenvalue weighted by Crippen LogP contribution is -2.15. The van der Waals surface area contributed by atoms with E-state index in [9.17, 15) is 22.4 Å². The molecule has 3 nitrogen and oxygen atoms in total. The Morgan fingerprint density at radius 3 is 2.20 bits per heavy atom. The van der Waals surface area contributed by atoms with Crippen LogP contribution in [0.5, 0.6) is 5.75 Å². The minimum absolute atomic E-state index is 0.262. The van der Waals surface area contributed by atoms with E-state index < -0.39 is 46.2 Å². The van der Waals surface area contributed by atoms with Crippen LogP contribution in [0.4, 0.5) is 23.2 Å². The van der Waals surface area contributed by atoms with Crippen LogP contribution < -0.4 is 5.32 Å². The van der Waals surface area contributed by atoms with Crippen LogP contribution >= 0.6 is 0 Å². The van der Waals surface area contributed by atoms with Gasteiger partial charge >= 0.3 is 0 Å². The number of phenols is 1. The summed E-state index contributed by atoms with van der Waals surface area (Å²) in [7, 11) is 0. The zero-order valence-electron chi connectivity index (χ0n) is 9.75. The predicted octanol–water partition coefficient (Wildman–Crippen LogP) is 3.20. The number of carbonyl (C=O) groups excluding carboxylic acids is 1. The van der Waals surface area contributed by atoms with Gasteiger partial charge in [-0.3, -0.25) is 4.79 Å². The van der Waals surface area contributed by atoms with E-state index in [0.717, 1.165) is 12.1 Å². The molecule has 7 heteroatoms. The van der Waals surface area contributed by atoms with Crippen molar-refractivity contribution in [2.24, 2.45) is 0 Å². The maximum absolute atomic E-state index is 13.4. The number of halogens is 4. The second-order valence-corrected chi connectivity index (χ2v) is 3.86. The van der Waals surface area contributed by atoms with Crippen molar-refractivity contribution in [3.63, 3.8) is 0 Å². The van der Waals surface area contributed by atoms with E-state index in [1.165, 1.54) is 0 Å². The fourth-order valence-electron chi connectivity index (χ4n) is 1.50. The molecule has 0 atom stereocenters. The maximum atomic E-state index is 13.4. The number of benzene rings is 2. The summed E-state index contributed by atoms with van der Waals surface area (Å²) in [6, 6.07) is 3.42. The molecule has 2 aromatic carbocycles. The smallest absolute Gasteiger partial charge is 0.258 e. The van der Waals surface area contributed by atoms with Crippen molar-refractivity contribution < 1.29 is 27.5 Å². The van der Waals surface area contributed by atoms with Crippen LogP contribution in [0, 0.1) is 23.3 Å². The zero-order valence-corrected chi connectivity index (χ0v) is 9.75. The molecule has 1 amide bonds. The van der Waals surface area contributed by atoms with E-state index in [1.807, 2.05) is 5.32 Å². The molecule has 2 N–H and O–H groups in total. The third-order valence-electron chi connectivity index (χ3n) is 2.46. The van der Waals surface area contributed by atoms with Crippen molar-refractivity contribution in [1.82, 2.24) is 0 Å². The molecular weight excluding hydrogens is 278 g/mol. The molecule has 0 fully saturated rings. The standard InChI is InChI=1S/C13H7F4NO2/c14-8-3-6(19)1-2-7(8)13(20)18-12-5-10(16)9(15)4-11(12)17/h1-5,19H,(H,18,20). The number of aromatic hydroxyl groups is 1. The second kappa shape index (κ2) is 5.20. The maximum Gasteiger partial charge on any atom is 0.258 e. The van der Waals surface area contributed by atoms with Crippen LogP contribution in [0.15, 0.2) is 30.3 Å². The van der Waals surface area contributed by atoms with Crippen molar-refractivity contribution >= 4 is 11.6 Å². The van der Waals surface area contributed by atoms with E-state index in [2.05, 4.69) is 0 Å². The summed E-state index contributed by atoms with van der Waals surface area (Å²) in [4.78, 5) is 11.7. The van der Waals surface area contributed by atoms with Gasteiger partial charge in [-0.1, -0.05) is 0 Å². The highest BCUT2D eigenvalue weighted by Crippen LogP contribution is 2.21. The third-order valence-corrected chi connectivity index (χ3v) is 2.46. The molecule has 0 unspecified atom stereocenters. The molecule has 0 aliphatic heterocycles. The van der Waals surface area contributed by atoms with E-state index in [0.29, 0.717) is 12.1 Å².